The molecule has 0 radical (unpaired) electrons. The molecule has 3 N–H and O–H groups in total. The van der Waals surface area contributed by atoms with Crippen molar-refractivity contribution in [3.8, 4) is 11.6 Å². The minimum absolute atomic E-state index is 0.577. The largest absolute Gasteiger partial charge is 0.330 e. The van der Waals surface area contributed by atoms with E-state index < -0.39 is 0 Å². The lowest BCUT2D eigenvalue weighted by Gasteiger charge is -2.00. The fourth-order valence-electron chi connectivity index (χ4n) is 1.24. The number of rotatable bonds is 5. The van der Waals surface area contributed by atoms with Gasteiger partial charge in [0.1, 0.15) is 6.33 Å². The van der Waals surface area contributed by atoms with Crippen LogP contribution < -0.4 is 5.73 Å². The van der Waals surface area contributed by atoms with Crippen molar-refractivity contribution < 1.29 is 0 Å². The summed E-state index contributed by atoms with van der Waals surface area (Å²) >= 11 is 0. The molecule has 80 valence electrons. The van der Waals surface area contributed by atoms with Crippen LogP contribution in [0.5, 0.6) is 0 Å². The van der Waals surface area contributed by atoms with Gasteiger partial charge in [0.15, 0.2) is 5.82 Å². The number of nitrogens with two attached hydrogens (primary N) is 1. The molecule has 2 rings (SSSR count). The number of aromatic nitrogens is 7. The molecule has 8 heteroatoms. The number of hydrogen-bond donors (Lipinski definition) is 2. The second-order valence-corrected chi connectivity index (χ2v) is 3.06. The summed E-state index contributed by atoms with van der Waals surface area (Å²) in [6, 6.07) is 0. The predicted molar refractivity (Wildman–Crippen MR) is 51.5 cm³/mol. The Morgan fingerprint density at radius 3 is 3.07 bits per heavy atom. The Kier molecular flexibility index (Phi) is 2.98. The Morgan fingerprint density at radius 2 is 2.33 bits per heavy atom. The first kappa shape index (κ1) is 9.71. The molecule has 0 aliphatic carbocycles. The number of H-pyrrole nitrogens is 1. The van der Waals surface area contributed by atoms with Crippen molar-refractivity contribution in [1.82, 2.24) is 35.4 Å². The average molecular weight is 208 g/mol. The zero-order valence-corrected chi connectivity index (χ0v) is 8.17. The molecule has 2 heterocycles. The molecule has 0 aliphatic rings. The van der Waals surface area contributed by atoms with Crippen molar-refractivity contribution in [3.63, 3.8) is 0 Å². The first-order chi connectivity index (χ1) is 7.42. The van der Waals surface area contributed by atoms with Gasteiger partial charge in [-0.25, -0.2) is 9.67 Å². The van der Waals surface area contributed by atoms with E-state index in [2.05, 4.69) is 30.7 Å². The molecule has 0 fully saturated rings. The van der Waals surface area contributed by atoms with Crippen LogP contribution in [0.2, 0.25) is 0 Å². The van der Waals surface area contributed by atoms with Crippen LogP contribution in [0.1, 0.15) is 12.8 Å². The van der Waals surface area contributed by atoms with Crippen LogP contribution >= 0.6 is 0 Å². The van der Waals surface area contributed by atoms with Gasteiger partial charge >= 0.3 is 0 Å². The van der Waals surface area contributed by atoms with Gasteiger partial charge in [-0.15, -0.1) is 5.10 Å². The van der Waals surface area contributed by atoms with E-state index in [-0.39, 0.29) is 0 Å². The van der Waals surface area contributed by atoms with Gasteiger partial charge < -0.3 is 5.73 Å². The quantitative estimate of drug-likeness (QED) is 0.622. The molecule has 0 atom stereocenters. The molecule has 0 unspecified atom stereocenters. The van der Waals surface area contributed by atoms with Gasteiger partial charge in [-0.2, -0.15) is 5.10 Å². The first-order valence-corrected chi connectivity index (χ1v) is 4.74. The number of nitrogens with one attached hydrogen (secondary N) is 1. The fraction of sp³-hybridized carbons (Fsp3) is 0.571. The van der Waals surface area contributed by atoms with Crippen LogP contribution in [0.3, 0.4) is 0 Å². The highest BCUT2D eigenvalue weighted by atomic mass is 15.5. The van der Waals surface area contributed by atoms with Crippen LogP contribution in [0.15, 0.2) is 6.33 Å². The van der Waals surface area contributed by atoms with Crippen LogP contribution in [-0.2, 0) is 6.54 Å². The third-order valence-electron chi connectivity index (χ3n) is 1.98. The standard InChI is InChI=1S/C7H12N8/c8-3-1-2-4-15-7(12-13-14-15)6-9-5-10-11-6/h5H,1-4,8H2,(H,9,10,11). The topological polar surface area (TPSA) is 111 Å². The summed E-state index contributed by atoms with van der Waals surface area (Å²) in [5.41, 5.74) is 5.41. The number of aromatic amines is 1. The van der Waals surface area contributed by atoms with Gasteiger partial charge in [-0.3, -0.25) is 5.10 Å². The molecular weight excluding hydrogens is 196 g/mol. The van der Waals surface area contributed by atoms with Crippen molar-refractivity contribution in [3.05, 3.63) is 6.33 Å². The van der Waals surface area contributed by atoms with Crippen LogP contribution in [0, 0.1) is 0 Å². The number of unbranched alkanes of at least 4 members (excludes halogenated alkanes) is 1. The number of aryl methyl sites for hydroxylation is 1. The second-order valence-electron chi connectivity index (χ2n) is 3.06. The van der Waals surface area contributed by atoms with Gasteiger partial charge in [0.2, 0.25) is 5.82 Å². The number of tetrazole rings is 1. The molecule has 0 aromatic carbocycles. The van der Waals surface area contributed by atoms with Gasteiger partial charge in [0.05, 0.1) is 0 Å². The number of nitrogens with zero attached hydrogens (tertiary/aromatic N) is 6. The third kappa shape index (κ3) is 2.15. The first-order valence-electron chi connectivity index (χ1n) is 4.74. The molecule has 0 saturated heterocycles. The second kappa shape index (κ2) is 4.60. The maximum absolute atomic E-state index is 5.41. The van der Waals surface area contributed by atoms with E-state index >= 15 is 0 Å². The maximum Gasteiger partial charge on any atom is 0.219 e. The highest BCUT2D eigenvalue weighted by Gasteiger charge is 2.10. The SMILES string of the molecule is NCCCCn1nnnc1-c1ncn[nH]1. The molecule has 2 aromatic heterocycles. The van der Waals surface area contributed by atoms with E-state index in [9.17, 15) is 0 Å². The van der Waals surface area contributed by atoms with E-state index in [0.717, 1.165) is 19.4 Å². The van der Waals surface area contributed by atoms with Gasteiger partial charge in [-0.1, -0.05) is 0 Å². The Morgan fingerprint density at radius 1 is 1.40 bits per heavy atom. The molecule has 0 aliphatic heterocycles. The maximum atomic E-state index is 5.41. The Bertz CT molecular complexity index is 391. The van der Waals surface area contributed by atoms with Crippen molar-refractivity contribution in [2.24, 2.45) is 5.73 Å². The van der Waals surface area contributed by atoms with Crippen molar-refractivity contribution in [2.45, 2.75) is 19.4 Å². The lowest BCUT2D eigenvalue weighted by atomic mass is 10.3. The molecule has 0 bridgehead atoms. The van der Waals surface area contributed by atoms with Crippen molar-refractivity contribution in [2.75, 3.05) is 6.54 Å². The summed E-state index contributed by atoms with van der Waals surface area (Å²) in [5, 5.41) is 17.8. The van der Waals surface area contributed by atoms with E-state index in [1.807, 2.05) is 0 Å². The Labute approximate surface area is 85.9 Å². The van der Waals surface area contributed by atoms with E-state index in [1.165, 1.54) is 6.33 Å². The molecule has 2 aromatic rings. The highest BCUT2D eigenvalue weighted by molar-refractivity contribution is 5.39. The zero-order valence-electron chi connectivity index (χ0n) is 8.17. The molecule has 0 spiro atoms. The molecule has 15 heavy (non-hydrogen) atoms. The van der Waals surface area contributed by atoms with Gasteiger partial charge in [0.25, 0.3) is 0 Å². The van der Waals surface area contributed by atoms with Crippen molar-refractivity contribution in [1.29, 1.82) is 0 Å². The summed E-state index contributed by atoms with van der Waals surface area (Å²) in [7, 11) is 0. The summed E-state index contributed by atoms with van der Waals surface area (Å²) < 4.78 is 1.69. The predicted octanol–water partition coefficient (Wildman–Crippen LogP) is -0.803. The number of hydrogen-bond acceptors (Lipinski definition) is 6. The van der Waals surface area contributed by atoms with Crippen LogP contribution in [0.25, 0.3) is 11.6 Å². The van der Waals surface area contributed by atoms with Crippen LogP contribution in [-0.4, -0.2) is 41.9 Å². The minimum Gasteiger partial charge on any atom is -0.330 e. The lowest BCUT2D eigenvalue weighted by Crippen LogP contribution is -2.06. The highest BCUT2D eigenvalue weighted by Crippen LogP contribution is 2.08. The molecule has 8 nitrogen and oxygen atoms in total. The Hall–Kier alpha value is -1.83. The van der Waals surface area contributed by atoms with E-state index in [4.69, 9.17) is 5.73 Å². The molecule has 0 saturated carbocycles. The van der Waals surface area contributed by atoms with E-state index in [1.54, 1.807) is 4.68 Å². The van der Waals surface area contributed by atoms with Crippen molar-refractivity contribution >= 4 is 0 Å². The van der Waals surface area contributed by atoms with Crippen LogP contribution in [0.4, 0.5) is 0 Å². The van der Waals surface area contributed by atoms with E-state index in [0.29, 0.717) is 18.2 Å². The normalized spacial score (nSPS) is 10.7. The molecule has 0 amide bonds. The lowest BCUT2D eigenvalue weighted by molar-refractivity contribution is 0.547. The summed E-state index contributed by atoms with van der Waals surface area (Å²) in [6.07, 6.45) is 3.33. The Balaban J connectivity index is 2.09. The summed E-state index contributed by atoms with van der Waals surface area (Å²) in [4.78, 5) is 3.99. The smallest absolute Gasteiger partial charge is 0.219 e. The fourth-order valence-corrected chi connectivity index (χ4v) is 1.24. The monoisotopic (exact) mass is 208 g/mol. The van der Waals surface area contributed by atoms with Gasteiger partial charge in [0, 0.05) is 6.54 Å². The summed E-state index contributed by atoms with van der Waals surface area (Å²) in [5.74, 6) is 1.18. The molecular formula is C7H12N8. The summed E-state index contributed by atoms with van der Waals surface area (Å²) in [6.45, 7) is 1.42. The average Bonchev–Trinajstić information content (AvgIpc) is 2.87. The third-order valence-corrected chi connectivity index (χ3v) is 1.98. The minimum atomic E-state index is 0.577. The van der Waals surface area contributed by atoms with Gasteiger partial charge in [-0.05, 0) is 29.8 Å². The zero-order chi connectivity index (χ0) is 10.5.